The summed E-state index contributed by atoms with van der Waals surface area (Å²) in [6.07, 6.45) is 2.94. The molecule has 3 aromatic rings. The Kier molecular flexibility index (Phi) is 4.14. The van der Waals surface area contributed by atoms with Crippen molar-refractivity contribution in [3.05, 3.63) is 48.5 Å². The number of nitrogens with zero attached hydrogens (tertiary/aromatic N) is 1. The van der Waals surface area contributed by atoms with Crippen LogP contribution in [0.4, 0.5) is 0 Å². The Morgan fingerprint density at radius 3 is 2.56 bits per heavy atom. The molecule has 0 bridgehead atoms. The van der Waals surface area contributed by atoms with Crippen LogP contribution in [0, 0.1) is 5.92 Å². The SMILES string of the molecule is O=C(O)C1CCC(Oc2ccc3oc(-c4ccccc4)nc3c2)CC1. The minimum Gasteiger partial charge on any atom is -0.490 e. The normalized spacial score (nSPS) is 20.5. The quantitative estimate of drug-likeness (QED) is 0.758. The van der Waals surface area contributed by atoms with Gasteiger partial charge in [-0.2, -0.15) is 0 Å². The fourth-order valence-electron chi connectivity index (χ4n) is 3.30. The summed E-state index contributed by atoms with van der Waals surface area (Å²) in [5, 5.41) is 9.07. The molecular formula is C20H19NO4. The van der Waals surface area contributed by atoms with Gasteiger partial charge in [0, 0.05) is 11.6 Å². The third kappa shape index (κ3) is 3.36. The molecule has 1 saturated carbocycles. The summed E-state index contributed by atoms with van der Waals surface area (Å²) in [6.45, 7) is 0. The highest BCUT2D eigenvalue weighted by Gasteiger charge is 2.27. The minimum absolute atomic E-state index is 0.0635. The summed E-state index contributed by atoms with van der Waals surface area (Å²) in [5.41, 5.74) is 2.42. The van der Waals surface area contributed by atoms with Crippen molar-refractivity contribution in [1.82, 2.24) is 4.98 Å². The number of carboxylic acid groups (broad SMARTS) is 1. The molecule has 0 radical (unpaired) electrons. The van der Waals surface area contributed by atoms with Crippen molar-refractivity contribution in [3.63, 3.8) is 0 Å². The highest BCUT2D eigenvalue weighted by molar-refractivity contribution is 5.77. The van der Waals surface area contributed by atoms with Gasteiger partial charge in [-0.15, -0.1) is 0 Å². The Hall–Kier alpha value is -2.82. The second kappa shape index (κ2) is 6.59. The summed E-state index contributed by atoms with van der Waals surface area (Å²) < 4.78 is 11.8. The van der Waals surface area contributed by atoms with E-state index in [-0.39, 0.29) is 12.0 Å². The highest BCUT2D eigenvalue weighted by Crippen LogP contribution is 2.30. The number of aliphatic carboxylic acids is 1. The largest absolute Gasteiger partial charge is 0.490 e. The van der Waals surface area contributed by atoms with Gasteiger partial charge >= 0.3 is 5.97 Å². The average molecular weight is 337 g/mol. The van der Waals surface area contributed by atoms with Gasteiger partial charge in [-0.3, -0.25) is 4.79 Å². The van der Waals surface area contributed by atoms with Crippen LogP contribution in [0.5, 0.6) is 5.75 Å². The van der Waals surface area contributed by atoms with E-state index < -0.39 is 5.97 Å². The Morgan fingerprint density at radius 1 is 1.08 bits per heavy atom. The van der Waals surface area contributed by atoms with Crippen molar-refractivity contribution < 1.29 is 19.1 Å². The van der Waals surface area contributed by atoms with Crippen molar-refractivity contribution in [2.75, 3.05) is 0 Å². The Balaban J connectivity index is 1.49. The van der Waals surface area contributed by atoms with Crippen molar-refractivity contribution in [1.29, 1.82) is 0 Å². The standard InChI is InChI=1S/C20H19NO4/c22-20(23)14-6-8-15(9-7-14)24-16-10-11-18-17(12-16)21-19(25-18)13-4-2-1-3-5-13/h1-5,10-12,14-15H,6-9H2,(H,22,23). The van der Waals surface area contributed by atoms with E-state index >= 15 is 0 Å². The van der Waals surface area contributed by atoms with E-state index in [0.29, 0.717) is 18.7 Å². The first kappa shape index (κ1) is 15.7. The van der Waals surface area contributed by atoms with E-state index in [1.807, 2.05) is 48.5 Å². The van der Waals surface area contributed by atoms with Crippen LogP contribution in [0.25, 0.3) is 22.6 Å². The maximum atomic E-state index is 11.0. The zero-order valence-corrected chi connectivity index (χ0v) is 13.7. The van der Waals surface area contributed by atoms with Crippen LogP contribution in [0.1, 0.15) is 25.7 Å². The third-order valence-corrected chi connectivity index (χ3v) is 4.71. The number of carbonyl (C=O) groups is 1. The number of hydrogen-bond acceptors (Lipinski definition) is 4. The number of fused-ring (bicyclic) bond motifs is 1. The molecule has 0 aliphatic heterocycles. The van der Waals surface area contributed by atoms with Crippen LogP contribution in [-0.4, -0.2) is 22.2 Å². The lowest BCUT2D eigenvalue weighted by Gasteiger charge is -2.26. The van der Waals surface area contributed by atoms with Crippen LogP contribution in [-0.2, 0) is 4.79 Å². The number of benzene rings is 2. The molecule has 4 rings (SSSR count). The van der Waals surface area contributed by atoms with Gasteiger partial charge in [0.25, 0.3) is 0 Å². The van der Waals surface area contributed by atoms with Crippen molar-refractivity contribution in [3.8, 4) is 17.2 Å². The molecule has 1 aromatic heterocycles. The van der Waals surface area contributed by atoms with E-state index in [4.69, 9.17) is 14.3 Å². The van der Waals surface area contributed by atoms with E-state index in [1.165, 1.54) is 0 Å². The first-order chi connectivity index (χ1) is 12.2. The molecule has 2 aromatic carbocycles. The maximum Gasteiger partial charge on any atom is 0.306 e. The Morgan fingerprint density at radius 2 is 1.84 bits per heavy atom. The highest BCUT2D eigenvalue weighted by atomic mass is 16.5. The van der Waals surface area contributed by atoms with Gasteiger partial charge in [-0.1, -0.05) is 18.2 Å². The maximum absolute atomic E-state index is 11.0. The number of oxazole rings is 1. The second-order valence-electron chi connectivity index (χ2n) is 6.44. The molecular weight excluding hydrogens is 318 g/mol. The van der Waals surface area contributed by atoms with Gasteiger partial charge in [0.2, 0.25) is 5.89 Å². The molecule has 1 N–H and O–H groups in total. The zero-order chi connectivity index (χ0) is 17.2. The monoisotopic (exact) mass is 337 g/mol. The molecule has 0 amide bonds. The average Bonchev–Trinajstić information content (AvgIpc) is 3.06. The first-order valence-electron chi connectivity index (χ1n) is 8.54. The summed E-state index contributed by atoms with van der Waals surface area (Å²) >= 11 is 0. The van der Waals surface area contributed by atoms with Crippen LogP contribution >= 0.6 is 0 Å². The van der Waals surface area contributed by atoms with E-state index in [0.717, 1.165) is 35.3 Å². The molecule has 25 heavy (non-hydrogen) atoms. The number of hydrogen-bond donors (Lipinski definition) is 1. The molecule has 1 heterocycles. The van der Waals surface area contributed by atoms with Crippen molar-refractivity contribution in [2.45, 2.75) is 31.8 Å². The smallest absolute Gasteiger partial charge is 0.306 e. The first-order valence-corrected chi connectivity index (χ1v) is 8.54. The third-order valence-electron chi connectivity index (χ3n) is 4.71. The van der Waals surface area contributed by atoms with Crippen LogP contribution in [0.15, 0.2) is 52.9 Å². The number of rotatable bonds is 4. The lowest BCUT2D eigenvalue weighted by molar-refractivity contribution is -0.143. The summed E-state index contributed by atoms with van der Waals surface area (Å²) in [4.78, 5) is 15.6. The summed E-state index contributed by atoms with van der Waals surface area (Å²) in [7, 11) is 0. The lowest BCUT2D eigenvalue weighted by Crippen LogP contribution is -2.27. The lowest BCUT2D eigenvalue weighted by atomic mass is 9.87. The number of ether oxygens (including phenoxy) is 1. The van der Waals surface area contributed by atoms with Crippen LogP contribution in [0.3, 0.4) is 0 Å². The Bertz CT molecular complexity index is 879. The molecule has 0 saturated heterocycles. The minimum atomic E-state index is -0.698. The van der Waals surface area contributed by atoms with Gasteiger partial charge in [-0.05, 0) is 49.9 Å². The predicted octanol–water partition coefficient (Wildman–Crippen LogP) is 4.52. The second-order valence-corrected chi connectivity index (χ2v) is 6.44. The molecule has 5 nitrogen and oxygen atoms in total. The zero-order valence-electron chi connectivity index (χ0n) is 13.7. The van der Waals surface area contributed by atoms with E-state index in [2.05, 4.69) is 4.98 Å². The molecule has 1 aliphatic carbocycles. The van der Waals surface area contributed by atoms with Gasteiger partial charge in [0.1, 0.15) is 11.3 Å². The van der Waals surface area contributed by atoms with Gasteiger partial charge in [0.15, 0.2) is 5.58 Å². The van der Waals surface area contributed by atoms with E-state index in [1.54, 1.807) is 0 Å². The fraction of sp³-hybridized carbons (Fsp3) is 0.300. The molecule has 1 aliphatic rings. The topological polar surface area (TPSA) is 72.6 Å². The molecule has 0 spiro atoms. The number of carboxylic acids is 1. The Labute approximate surface area is 145 Å². The fourth-order valence-corrected chi connectivity index (χ4v) is 3.30. The predicted molar refractivity (Wildman–Crippen MR) is 93.5 cm³/mol. The molecule has 0 atom stereocenters. The van der Waals surface area contributed by atoms with Gasteiger partial charge < -0.3 is 14.3 Å². The summed E-state index contributed by atoms with van der Waals surface area (Å²) in [5.74, 6) is 0.413. The van der Waals surface area contributed by atoms with Gasteiger partial charge in [-0.25, -0.2) is 4.98 Å². The van der Waals surface area contributed by atoms with Crippen LogP contribution in [0.2, 0.25) is 0 Å². The molecule has 0 unspecified atom stereocenters. The van der Waals surface area contributed by atoms with Crippen LogP contribution < -0.4 is 4.74 Å². The van der Waals surface area contributed by atoms with E-state index in [9.17, 15) is 4.79 Å². The summed E-state index contributed by atoms with van der Waals surface area (Å²) in [6, 6.07) is 15.4. The molecule has 128 valence electrons. The van der Waals surface area contributed by atoms with Crippen molar-refractivity contribution >= 4 is 17.1 Å². The molecule has 5 heteroatoms. The van der Waals surface area contributed by atoms with Gasteiger partial charge in [0.05, 0.1) is 12.0 Å². The van der Waals surface area contributed by atoms with Crippen molar-refractivity contribution in [2.24, 2.45) is 5.92 Å². The number of aromatic nitrogens is 1. The molecule has 1 fully saturated rings.